The number of methoxy groups -OCH3 is 1. The lowest BCUT2D eigenvalue weighted by Crippen LogP contribution is -2.30. The lowest BCUT2D eigenvalue weighted by Gasteiger charge is -2.21. The molecule has 0 fully saturated rings. The van der Waals surface area contributed by atoms with Crippen molar-refractivity contribution in [1.29, 1.82) is 0 Å². The van der Waals surface area contributed by atoms with Crippen LogP contribution in [0.15, 0.2) is 41.3 Å². The number of benzene rings is 2. The van der Waals surface area contributed by atoms with Gasteiger partial charge in [-0.2, -0.15) is 0 Å². The molecule has 22 heavy (non-hydrogen) atoms. The molecule has 0 N–H and O–H groups in total. The lowest BCUT2D eigenvalue weighted by molar-refractivity contribution is 0.414. The number of rotatable bonds is 3. The zero-order valence-corrected chi connectivity index (χ0v) is 13.2. The van der Waals surface area contributed by atoms with Crippen molar-refractivity contribution in [2.45, 2.75) is 18.2 Å². The number of hydrogen-bond acceptors (Lipinski definition) is 3. The standard InChI is InChI=1S/C16H16FNO3S/c1-11-10-13(21-2)6-7-15(11)22(19,20)18-9-8-12-4-3-5-14(17)16(12)18/h3-7,10H,8-9H2,1-2H3. The van der Waals surface area contributed by atoms with E-state index in [-0.39, 0.29) is 17.1 Å². The van der Waals surface area contributed by atoms with Crippen LogP contribution in [-0.4, -0.2) is 22.1 Å². The van der Waals surface area contributed by atoms with E-state index in [2.05, 4.69) is 0 Å². The van der Waals surface area contributed by atoms with E-state index >= 15 is 0 Å². The van der Waals surface area contributed by atoms with Crippen LogP contribution in [0.4, 0.5) is 10.1 Å². The van der Waals surface area contributed by atoms with Gasteiger partial charge in [0, 0.05) is 6.54 Å². The second-order valence-electron chi connectivity index (χ2n) is 5.21. The van der Waals surface area contributed by atoms with Gasteiger partial charge in [-0.15, -0.1) is 0 Å². The topological polar surface area (TPSA) is 46.6 Å². The summed E-state index contributed by atoms with van der Waals surface area (Å²) in [6.45, 7) is 1.96. The highest BCUT2D eigenvalue weighted by Gasteiger charge is 2.33. The number of para-hydroxylation sites is 1. The average molecular weight is 321 g/mol. The van der Waals surface area contributed by atoms with E-state index in [4.69, 9.17) is 4.74 Å². The van der Waals surface area contributed by atoms with Gasteiger partial charge in [-0.25, -0.2) is 12.8 Å². The molecule has 116 valence electrons. The fourth-order valence-corrected chi connectivity index (χ4v) is 4.49. The van der Waals surface area contributed by atoms with Gasteiger partial charge in [0.15, 0.2) is 0 Å². The molecule has 0 radical (unpaired) electrons. The van der Waals surface area contributed by atoms with Gasteiger partial charge in [0.25, 0.3) is 10.0 Å². The van der Waals surface area contributed by atoms with E-state index in [1.807, 2.05) is 0 Å². The smallest absolute Gasteiger partial charge is 0.264 e. The Hall–Kier alpha value is -2.08. The van der Waals surface area contributed by atoms with Gasteiger partial charge in [-0.1, -0.05) is 12.1 Å². The number of aryl methyl sites for hydroxylation is 1. The molecule has 0 aromatic heterocycles. The molecule has 1 aliphatic rings. The molecule has 0 unspecified atom stereocenters. The quantitative estimate of drug-likeness (QED) is 0.873. The molecule has 0 amide bonds. The molecule has 6 heteroatoms. The highest BCUT2D eigenvalue weighted by Crippen LogP contribution is 2.36. The molecule has 2 aromatic carbocycles. The minimum Gasteiger partial charge on any atom is -0.497 e. The Balaban J connectivity index is 2.10. The molecule has 0 spiro atoms. The van der Waals surface area contributed by atoms with E-state index in [0.29, 0.717) is 17.7 Å². The normalized spacial score (nSPS) is 14.0. The summed E-state index contributed by atoms with van der Waals surface area (Å²) in [6.07, 6.45) is 0.515. The van der Waals surface area contributed by atoms with Crippen LogP contribution in [0, 0.1) is 12.7 Å². The van der Waals surface area contributed by atoms with Gasteiger partial charge in [0.05, 0.1) is 17.7 Å². The summed E-state index contributed by atoms with van der Waals surface area (Å²) in [5, 5.41) is 0. The number of ether oxygens (including phenoxy) is 1. The number of fused-ring (bicyclic) bond motifs is 1. The van der Waals surface area contributed by atoms with Crippen molar-refractivity contribution >= 4 is 15.7 Å². The second-order valence-corrected chi connectivity index (χ2v) is 7.04. The summed E-state index contributed by atoms with van der Waals surface area (Å²) in [5.74, 6) is 0.0780. The molecule has 0 bridgehead atoms. The first kappa shape index (κ1) is 14.8. The summed E-state index contributed by atoms with van der Waals surface area (Å²) >= 11 is 0. The third kappa shape index (κ3) is 2.23. The Labute approximate surface area is 129 Å². The van der Waals surface area contributed by atoms with Crippen molar-refractivity contribution < 1.29 is 17.5 Å². The molecule has 3 rings (SSSR count). The zero-order valence-electron chi connectivity index (χ0n) is 12.3. The lowest BCUT2D eigenvalue weighted by atomic mass is 10.2. The molecule has 1 heterocycles. The zero-order chi connectivity index (χ0) is 15.9. The van der Waals surface area contributed by atoms with Crippen molar-refractivity contribution in [1.82, 2.24) is 0 Å². The summed E-state index contributed by atoms with van der Waals surface area (Å²) < 4.78 is 46.1. The summed E-state index contributed by atoms with van der Waals surface area (Å²) in [5.41, 5.74) is 1.46. The van der Waals surface area contributed by atoms with E-state index in [9.17, 15) is 12.8 Å². The van der Waals surface area contributed by atoms with E-state index < -0.39 is 15.8 Å². The largest absolute Gasteiger partial charge is 0.497 e. The average Bonchev–Trinajstić information content (AvgIpc) is 2.93. The first-order valence-electron chi connectivity index (χ1n) is 6.90. The van der Waals surface area contributed by atoms with Crippen LogP contribution in [0.3, 0.4) is 0 Å². The molecule has 1 aliphatic heterocycles. The molecule has 2 aromatic rings. The van der Waals surface area contributed by atoms with Crippen LogP contribution < -0.4 is 9.04 Å². The Morgan fingerprint density at radius 1 is 1.23 bits per heavy atom. The van der Waals surface area contributed by atoms with Gasteiger partial charge in [-0.05, 0) is 48.7 Å². The van der Waals surface area contributed by atoms with Crippen LogP contribution in [0.5, 0.6) is 5.75 Å². The van der Waals surface area contributed by atoms with Gasteiger partial charge >= 0.3 is 0 Å². The SMILES string of the molecule is COc1ccc(S(=O)(=O)N2CCc3cccc(F)c32)c(C)c1. The van der Waals surface area contributed by atoms with E-state index in [0.717, 1.165) is 9.87 Å². The highest BCUT2D eigenvalue weighted by molar-refractivity contribution is 7.93. The molecule has 0 aliphatic carbocycles. The van der Waals surface area contributed by atoms with Crippen molar-refractivity contribution in [3.63, 3.8) is 0 Å². The third-order valence-corrected chi connectivity index (χ3v) is 5.81. The maximum absolute atomic E-state index is 14.1. The van der Waals surface area contributed by atoms with E-state index in [1.165, 1.54) is 19.2 Å². The second kappa shape index (κ2) is 5.28. The fraction of sp³-hybridized carbons (Fsp3) is 0.250. The Bertz CT molecular complexity index is 833. The van der Waals surface area contributed by atoms with Crippen molar-refractivity contribution in [3.8, 4) is 5.75 Å². The van der Waals surface area contributed by atoms with Crippen LogP contribution >= 0.6 is 0 Å². The molecular weight excluding hydrogens is 305 g/mol. The first-order valence-corrected chi connectivity index (χ1v) is 8.34. The number of sulfonamides is 1. The fourth-order valence-electron chi connectivity index (χ4n) is 2.77. The number of hydrogen-bond donors (Lipinski definition) is 0. The van der Waals surface area contributed by atoms with Crippen LogP contribution in [0.25, 0.3) is 0 Å². The predicted octanol–water partition coefficient (Wildman–Crippen LogP) is 2.89. The Morgan fingerprint density at radius 3 is 2.68 bits per heavy atom. The number of halogens is 1. The molecular formula is C16H16FNO3S. The molecule has 4 nitrogen and oxygen atoms in total. The maximum Gasteiger partial charge on any atom is 0.264 e. The van der Waals surface area contributed by atoms with Crippen LogP contribution in [0.2, 0.25) is 0 Å². The summed E-state index contributed by atoms with van der Waals surface area (Å²) in [7, 11) is -2.27. The van der Waals surface area contributed by atoms with Gasteiger partial charge < -0.3 is 4.74 Å². The summed E-state index contributed by atoms with van der Waals surface area (Å²) in [4.78, 5) is 0.171. The van der Waals surface area contributed by atoms with Crippen LogP contribution in [-0.2, 0) is 16.4 Å². The number of anilines is 1. The minimum atomic E-state index is -3.79. The highest BCUT2D eigenvalue weighted by atomic mass is 32.2. The third-order valence-electron chi connectivity index (χ3n) is 3.85. The number of nitrogens with zero attached hydrogens (tertiary/aromatic N) is 1. The minimum absolute atomic E-state index is 0.165. The first-order chi connectivity index (χ1) is 10.4. The monoisotopic (exact) mass is 321 g/mol. The molecule has 0 saturated heterocycles. The van der Waals surface area contributed by atoms with E-state index in [1.54, 1.807) is 31.2 Å². The van der Waals surface area contributed by atoms with Gasteiger partial charge in [-0.3, -0.25) is 4.31 Å². The van der Waals surface area contributed by atoms with Crippen molar-refractivity contribution in [2.75, 3.05) is 18.0 Å². The van der Waals surface area contributed by atoms with Crippen LogP contribution in [0.1, 0.15) is 11.1 Å². The Kier molecular flexibility index (Phi) is 3.56. The molecule has 0 saturated carbocycles. The van der Waals surface area contributed by atoms with Crippen molar-refractivity contribution in [2.24, 2.45) is 0 Å². The van der Waals surface area contributed by atoms with Gasteiger partial charge in [0.2, 0.25) is 0 Å². The van der Waals surface area contributed by atoms with Crippen molar-refractivity contribution in [3.05, 3.63) is 53.3 Å². The summed E-state index contributed by atoms with van der Waals surface area (Å²) in [6, 6.07) is 9.40. The Morgan fingerprint density at radius 2 is 2.00 bits per heavy atom. The maximum atomic E-state index is 14.1. The van der Waals surface area contributed by atoms with Gasteiger partial charge in [0.1, 0.15) is 11.6 Å². The predicted molar refractivity (Wildman–Crippen MR) is 82.4 cm³/mol. The molecule has 0 atom stereocenters.